The van der Waals surface area contributed by atoms with Crippen LogP contribution in [-0.2, 0) is 25.5 Å². The quantitative estimate of drug-likeness (QED) is 0.446. The highest BCUT2D eigenvalue weighted by Crippen LogP contribution is 2.26. The predicted octanol–water partition coefficient (Wildman–Crippen LogP) is 4.39. The second-order valence-electron chi connectivity index (χ2n) is 12.1. The van der Waals surface area contributed by atoms with Gasteiger partial charge in [0.2, 0.25) is 17.7 Å². The molecule has 4 rings (SSSR count). The zero-order valence-electron chi connectivity index (χ0n) is 25.6. The predicted molar refractivity (Wildman–Crippen MR) is 164 cm³/mol. The van der Waals surface area contributed by atoms with Gasteiger partial charge in [0.25, 0.3) is 0 Å². The maximum Gasteiger partial charge on any atom is 0.410 e. The summed E-state index contributed by atoms with van der Waals surface area (Å²) in [5.74, 6) is -0.224. The molecule has 0 bridgehead atoms. The van der Waals surface area contributed by atoms with Gasteiger partial charge < -0.3 is 25.0 Å². The van der Waals surface area contributed by atoms with Crippen molar-refractivity contribution in [2.24, 2.45) is 5.92 Å². The van der Waals surface area contributed by atoms with Crippen molar-refractivity contribution in [3.63, 3.8) is 0 Å². The number of anilines is 1. The molecular formula is C33H44N4O6. The molecule has 10 nitrogen and oxygen atoms in total. The molecule has 4 amide bonds. The highest BCUT2D eigenvalue weighted by molar-refractivity contribution is 5.97. The van der Waals surface area contributed by atoms with Crippen molar-refractivity contribution < 1.29 is 28.7 Å². The van der Waals surface area contributed by atoms with Crippen LogP contribution in [0, 0.1) is 5.92 Å². The number of nitrogens with one attached hydrogen (secondary N) is 2. The molecule has 2 aromatic carbocycles. The van der Waals surface area contributed by atoms with E-state index in [-0.39, 0.29) is 23.6 Å². The number of nitrogens with zero attached hydrogens (tertiary/aromatic N) is 2. The number of rotatable bonds is 9. The molecule has 0 aliphatic carbocycles. The number of benzene rings is 2. The van der Waals surface area contributed by atoms with Crippen molar-refractivity contribution in [2.45, 2.75) is 77.5 Å². The van der Waals surface area contributed by atoms with Crippen molar-refractivity contribution >= 4 is 29.5 Å². The lowest BCUT2D eigenvalue weighted by atomic mass is 9.94. The van der Waals surface area contributed by atoms with Gasteiger partial charge >= 0.3 is 6.09 Å². The fourth-order valence-electron chi connectivity index (χ4n) is 5.51. The summed E-state index contributed by atoms with van der Waals surface area (Å²) in [5, 5.41) is 5.90. The number of hydrogen-bond donors (Lipinski definition) is 2. The molecule has 2 aliphatic heterocycles. The van der Waals surface area contributed by atoms with Gasteiger partial charge in [-0.2, -0.15) is 0 Å². The fraction of sp³-hybridized carbons (Fsp3) is 0.515. The van der Waals surface area contributed by atoms with Crippen LogP contribution in [0.1, 0.15) is 58.9 Å². The maximum absolute atomic E-state index is 13.4. The Morgan fingerprint density at radius 3 is 2.23 bits per heavy atom. The summed E-state index contributed by atoms with van der Waals surface area (Å²) < 4.78 is 11.0. The van der Waals surface area contributed by atoms with Crippen LogP contribution in [0.5, 0.6) is 5.75 Å². The summed E-state index contributed by atoms with van der Waals surface area (Å²) >= 11 is 0. The molecule has 43 heavy (non-hydrogen) atoms. The van der Waals surface area contributed by atoms with E-state index in [2.05, 4.69) is 10.6 Å². The number of amides is 4. The molecule has 0 unspecified atom stereocenters. The Morgan fingerprint density at radius 2 is 1.60 bits per heavy atom. The summed E-state index contributed by atoms with van der Waals surface area (Å²) in [7, 11) is 0. The number of carbonyl (C=O) groups is 4. The molecule has 2 N–H and O–H groups in total. The second-order valence-corrected chi connectivity index (χ2v) is 12.1. The van der Waals surface area contributed by atoms with Crippen LogP contribution in [-0.4, -0.2) is 77.5 Å². The van der Waals surface area contributed by atoms with Crippen molar-refractivity contribution in [3.05, 3.63) is 60.2 Å². The van der Waals surface area contributed by atoms with Gasteiger partial charge in [-0.05, 0) is 83.2 Å². The van der Waals surface area contributed by atoms with E-state index in [1.165, 1.54) is 4.90 Å². The lowest BCUT2D eigenvalue weighted by Gasteiger charge is -2.35. The van der Waals surface area contributed by atoms with Gasteiger partial charge in [0.15, 0.2) is 0 Å². The maximum atomic E-state index is 13.4. The third kappa shape index (κ3) is 8.95. The van der Waals surface area contributed by atoms with Crippen LogP contribution in [0.4, 0.5) is 10.5 Å². The molecule has 0 aromatic heterocycles. The number of hydrogen-bond acceptors (Lipinski definition) is 6. The molecule has 2 saturated heterocycles. The molecule has 2 atom stereocenters. The first-order valence-electron chi connectivity index (χ1n) is 15.2. The highest BCUT2D eigenvalue weighted by Gasteiger charge is 2.40. The molecule has 2 aliphatic rings. The largest absolute Gasteiger partial charge is 0.494 e. The summed E-state index contributed by atoms with van der Waals surface area (Å²) in [5.41, 5.74) is 0.906. The average Bonchev–Trinajstić information content (AvgIpc) is 3.48. The highest BCUT2D eigenvalue weighted by atomic mass is 16.6. The first kappa shape index (κ1) is 31.8. The molecule has 0 saturated carbocycles. The number of carbonyl (C=O) groups excluding carboxylic acids is 4. The molecular weight excluding hydrogens is 548 g/mol. The monoisotopic (exact) mass is 592 g/mol. The normalized spacial score (nSPS) is 18.1. The van der Waals surface area contributed by atoms with Gasteiger partial charge in [-0.25, -0.2) is 4.79 Å². The Labute approximate surface area is 254 Å². The van der Waals surface area contributed by atoms with Gasteiger partial charge in [-0.1, -0.05) is 30.3 Å². The Balaban J connectivity index is 1.35. The first-order chi connectivity index (χ1) is 20.5. The summed E-state index contributed by atoms with van der Waals surface area (Å²) in [4.78, 5) is 56.1. The Morgan fingerprint density at radius 1 is 0.930 bits per heavy atom. The topological polar surface area (TPSA) is 117 Å². The van der Waals surface area contributed by atoms with Crippen molar-refractivity contribution in [1.82, 2.24) is 15.1 Å². The van der Waals surface area contributed by atoms with Crippen LogP contribution >= 0.6 is 0 Å². The number of likely N-dealkylation sites (tertiary alicyclic amines) is 2. The summed E-state index contributed by atoms with van der Waals surface area (Å²) in [6.45, 7) is 9.20. The van der Waals surface area contributed by atoms with Crippen molar-refractivity contribution in [2.75, 3.05) is 31.6 Å². The van der Waals surface area contributed by atoms with E-state index >= 15 is 0 Å². The SMILES string of the molecule is CCOc1ccc(NC(=O)[C@H](Cc2ccccc2)NC(=O)C2CCN(C(=O)[C@H]3CCCN3C(=O)OC(C)(C)C)CC2)cc1. The molecule has 2 fully saturated rings. The fourth-order valence-corrected chi connectivity index (χ4v) is 5.51. The van der Waals surface area contributed by atoms with Crippen LogP contribution in [0.2, 0.25) is 0 Å². The Hall–Kier alpha value is -4.08. The van der Waals surface area contributed by atoms with E-state index in [1.807, 2.05) is 58.0 Å². The minimum Gasteiger partial charge on any atom is -0.494 e. The standard InChI is InChI=1S/C33H44N4O6/c1-5-42-26-15-13-25(14-16-26)34-30(39)27(22-23-10-7-6-8-11-23)35-29(38)24-17-20-36(21-18-24)31(40)28-12-9-19-37(28)32(41)43-33(2,3)4/h6-8,10-11,13-16,24,27-28H,5,9,12,17-22H2,1-4H3,(H,34,39)(H,35,38)/t27-,28+/m0/s1. The molecule has 10 heteroatoms. The third-order valence-corrected chi connectivity index (χ3v) is 7.69. The van der Waals surface area contributed by atoms with Crippen molar-refractivity contribution in [1.29, 1.82) is 0 Å². The van der Waals surface area contributed by atoms with E-state index in [0.717, 1.165) is 12.0 Å². The zero-order chi connectivity index (χ0) is 31.0. The Kier molecular flexibility index (Phi) is 10.7. The van der Waals surface area contributed by atoms with E-state index in [9.17, 15) is 19.2 Å². The van der Waals surface area contributed by atoms with Crippen LogP contribution < -0.4 is 15.4 Å². The van der Waals surface area contributed by atoms with Crippen LogP contribution in [0.3, 0.4) is 0 Å². The van der Waals surface area contributed by atoms with Crippen molar-refractivity contribution in [3.8, 4) is 5.75 Å². The first-order valence-corrected chi connectivity index (χ1v) is 15.2. The van der Waals surface area contributed by atoms with Crippen LogP contribution in [0.25, 0.3) is 0 Å². The molecule has 2 heterocycles. The van der Waals surface area contributed by atoms with Gasteiger partial charge in [0.05, 0.1) is 6.61 Å². The van der Waals surface area contributed by atoms with Gasteiger partial charge in [-0.3, -0.25) is 19.3 Å². The minimum absolute atomic E-state index is 0.0982. The minimum atomic E-state index is -0.776. The van der Waals surface area contributed by atoms with E-state index in [1.54, 1.807) is 29.2 Å². The van der Waals surface area contributed by atoms with Gasteiger partial charge in [-0.15, -0.1) is 0 Å². The summed E-state index contributed by atoms with van der Waals surface area (Å²) in [6, 6.07) is 15.4. The zero-order valence-corrected chi connectivity index (χ0v) is 25.6. The van der Waals surface area contributed by atoms with E-state index < -0.39 is 23.8 Å². The third-order valence-electron chi connectivity index (χ3n) is 7.69. The Bertz CT molecular complexity index is 1250. The lowest BCUT2D eigenvalue weighted by Crippen LogP contribution is -2.53. The molecule has 0 radical (unpaired) electrons. The number of ether oxygens (including phenoxy) is 2. The summed E-state index contributed by atoms with van der Waals surface area (Å²) in [6.07, 6.45) is 2.18. The molecule has 0 spiro atoms. The number of piperidine rings is 1. The smallest absolute Gasteiger partial charge is 0.410 e. The van der Waals surface area contributed by atoms with Gasteiger partial charge in [0.1, 0.15) is 23.4 Å². The van der Waals surface area contributed by atoms with Crippen LogP contribution in [0.15, 0.2) is 54.6 Å². The lowest BCUT2D eigenvalue weighted by molar-refractivity contribution is -0.139. The average molecular weight is 593 g/mol. The van der Waals surface area contributed by atoms with E-state index in [0.29, 0.717) is 63.4 Å². The van der Waals surface area contributed by atoms with E-state index in [4.69, 9.17) is 9.47 Å². The van der Waals surface area contributed by atoms with Gasteiger partial charge in [0, 0.05) is 37.7 Å². The molecule has 2 aromatic rings. The second kappa shape index (κ2) is 14.4. The molecule has 232 valence electrons.